The zero-order chi connectivity index (χ0) is 16.8. The van der Waals surface area contributed by atoms with E-state index >= 15 is 0 Å². The van der Waals surface area contributed by atoms with Crippen molar-refractivity contribution in [2.24, 2.45) is 0 Å². The van der Waals surface area contributed by atoms with Crippen molar-refractivity contribution >= 4 is 28.6 Å². The third-order valence-electron chi connectivity index (χ3n) is 3.50. The van der Waals surface area contributed by atoms with Crippen LogP contribution in [0.2, 0.25) is 5.28 Å². The molecule has 0 aliphatic carbocycles. The summed E-state index contributed by atoms with van der Waals surface area (Å²) in [7, 11) is 0. The topological polar surface area (TPSA) is 118 Å². The van der Waals surface area contributed by atoms with Crippen LogP contribution in [0.25, 0.3) is 11.2 Å². The van der Waals surface area contributed by atoms with Crippen molar-refractivity contribution < 1.29 is 19.3 Å². The molecule has 3 rings (SSSR count). The molecule has 126 valence electrons. The van der Waals surface area contributed by atoms with Gasteiger partial charge in [-0.1, -0.05) is 0 Å². The molecule has 2 aromatic rings. The summed E-state index contributed by atoms with van der Waals surface area (Å²) in [6.07, 6.45) is -0.383. The van der Waals surface area contributed by atoms with E-state index in [1.54, 1.807) is 20.8 Å². The molecule has 1 aliphatic rings. The van der Waals surface area contributed by atoms with Gasteiger partial charge in [-0.25, -0.2) is 4.98 Å². The van der Waals surface area contributed by atoms with Crippen LogP contribution >= 0.6 is 11.6 Å². The highest BCUT2D eigenvalue weighted by Gasteiger charge is 2.38. The van der Waals surface area contributed by atoms with Gasteiger partial charge in [0.05, 0.1) is 12.7 Å². The Morgan fingerprint density at radius 1 is 1.39 bits per heavy atom. The van der Waals surface area contributed by atoms with E-state index in [0.29, 0.717) is 11.2 Å². The number of rotatable bonds is 2. The van der Waals surface area contributed by atoms with Crippen LogP contribution < -0.4 is 5.73 Å². The first kappa shape index (κ1) is 16.3. The number of fused-ring (bicyclic) bond motifs is 1. The molecule has 0 unspecified atom stereocenters. The van der Waals surface area contributed by atoms with E-state index in [-0.39, 0.29) is 23.8 Å². The second-order valence-electron chi connectivity index (χ2n) is 5.71. The molecule has 3 N–H and O–H groups in total. The zero-order valence-electron chi connectivity index (χ0n) is 12.9. The molecule has 0 saturated carbocycles. The number of nitrogen functional groups attached to an aromatic ring is 1. The molecule has 0 amide bonds. The maximum atomic E-state index is 9.52. The van der Waals surface area contributed by atoms with Gasteiger partial charge in [0.2, 0.25) is 11.7 Å². The minimum absolute atomic E-state index is 0.00652. The largest absolute Gasteiger partial charge is 0.394 e. The lowest BCUT2D eigenvalue weighted by atomic mass is 10.2. The van der Waals surface area contributed by atoms with Crippen LogP contribution in [0, 0.1) is 0 Å². The first-order chi connectivity index (χ1) is 10.8. The molecular weight excluding hydrogens is 326 g/mol. The van der Waals surface area contributed by atoms with Gasteiger partial charge in [0.15, 0.2) is 17.3 Å². The summed E-state index contributed by atoms with van der Waals surface area (Å²) in [4.78, 5) is 12.2. The fourth-order valence-electron chi connectivity index (χ4n) is 2.46. The van der Waals surface area contributed by atoms with Crippen LogP contribution in [0.4, 0.5) is 5.82 Å². The molecule has 9 nitrogen and oxygen atoms in total. The molecule has 1 saturated heterocycles. The highest BCUT2D eigenvalue weighted by molar-refractivity contribution is 6.28. The SMILES string of the molecule is C[C@H]1OC(C)(C)O[C@H](n2cnc3c(N)nc(Cl)nc32)O[C@@H]1CO. The molecule has 0 bridgehead atoms. The van der Waals surface area contributed by atoms with Crippen molar-refractivity contribution in [2.75, 3.05) is 12.3 Å². The number of ether oxygens (including phenoxy) is 3. The molecule has 23 heavy (non-hydrogen) atoms. The Bertz CT molecular complexity index is 722. The molecule has 0 aromatic carbocycles. The molecule has 3 atom stereocenters. The molecule has 10 heteroatoms. The highest BCUT2D eigenvalue weighted by Crippen LogP contribution is 2.32. The van der Waals surface area contributed by atoms with E-state index in [1.807, 2.05) is 0 Å². The molecule has 3 heterocycles. The van der Waals surface area contributed by atoms with Crippen molar-refractivity contribution in [1.82, 2.24) is 19.5 Å². The number of hydrogen-bond acceptors (Lipinski definition) is 8. The van der Waals surface area contributed by atoms with Gasteiger partial charge in [-0.3, -0.25) is 4.57 Å². The summed E-state index contributed by atoms with van der Waals surface area (Å²) in [6, 6.07) is 0. The van der Waals surface area contributed by atoms with Gasteiger partial charge in [-0.2, -0.15) is 9.97 Å². The number of nitrogens with zero attached hydrogens (tertiary/aromatic N) is 4. The monoisotopic (exact) mass is 343 g/mol. The Morgan fingerprint density at radius 3 is 2.83 bits per heavy atom. The maximum absolute atomic E-state index is 9.52. The standard InChI is InChI=1S/C13H18ClN5O4/c1-6-7(4-20)21-12(23-13(2,3)22-6)19-5-16-8-9(15)17-11(14)18-10(8)19/h5-7,12,20H,4H2,1-3H3,(H2,15,17,18)/t6-,7-,12-/m1/s1. The number of hydrogen-bond donors (Lipinski definition) is 2. The van der Waals surface area contributed by atoms with E-state index in [4.69, 9.17) is 31.5 Å². The van der Waals surface area contributed by atoms with Gasteiger partial charge >= 0.3 is 0 Å². The summed E-state index contributed by atoms with van der Waals surface area (Å²) in [5, 5.41) is 9.51. The van der Waals surface area contributed by atoms with E-state index in [1.165, 1.54) is 10.9 Å². The third kappa shape index (κ3) is 3.10. The van der Waals surface area contributed by atoms with Crippen LogP contribution in [0.5, 0.6) is 0 Å². The molecule has 1 fully saturated rings. The quantitative estimate of drug-likeness (QED) is 0.777. The number of anilines is 1. The fraction of sp³-hybridized carbons (Fsp3) is 0.615. The summed E-state index contributed by atoms with van der Waals surface area (Å²) >= 11 is 5.87. The fourth-order valence-corrected chi connectivity index (χ4v) is 2.63. The predicted octanol–water partition coefficient (Wildman–Crippen LogP) is 1.07. The summed E-state index contributed by atoms with van der Waals surface area (Å²) in [5.74, 6) is -0.776. The lowest BCUT2D eigenvalue weighted by Gasteiger charge is -2.27. The van der Waals surface area contributed by atoms with Gasteiger partial charge in [0.1, 0.15) is 17.9 Å². The van der Waals surface area contributed by atoms with E-state index in [9.17, 15) is 5.11 Å². The molecule has 2 aromatic heterocycles. The Labute approximate surface area is 137 Å². The van der Waals surface area contributed by atoms with E-state index < -0.39 is 18.3 Å². The van der Waals surface area contributed by atoms with Crippen molar-refractivity contribution in [3.63, 3.8) is 0 Å². The second-order valence-corrected chi connectivity index (χ2v) is 6.04. The number of halogens is 1. The average molecular weight is 344 g/mol. The Morgan fingerprint density at radius 2 is 2.13 bits per heavy atom. The number of nitrogens with two attached hydrogens (primary N) is 1. The lowest BCUT2D eigenvalue weighted by Crippen LogP contribution is -2.35. The normalized spacial score (nSPS) is 28.0. The molecule has 0 spiro atoms. The van der Waals surface area contributed by atoms with Gasteiger partial charge in [-0.05, 0) is 32.4 Å². The highest BCUT2D eigenvalue weighted by atomic mass is 35.5. The van der Waals surface area contributed by atoms with Crippen molar-refractivity contribution in [3.05, 3.63) is 11.6 Å². The summed E-state index contributed by atoms with van der Waals surface area (Å²) < 4.78 is 19.0. The minimum atomic E-state index is -0.938. The van der Waals surface area contributed by atoms with Crippen LogP contribution in [0.1, 0.15) is 27.2 Å². The Hall–Kier alpha value is -1.52. The van der Waals surface area contributed by atoms with Crippen LogP contribution in [0.15, 0.2) is 6.33 Å². The van der Waals surface area contributed by atoms with E-state index in [2.05, 4.69) is 15.0 Å². The Kier molecular flexibility index (Phi) is 4.15. The Balaban J connectivity index is 2.05. The number of aliphatic hydroxyl groups is 1. The smallest absolute Gasteiger partial charge is 0.249 e. The van der Waals surface area contributed by atoms with Crippen LogP contribution in [-0.4, -0.2) is 49.2 Å². The van der Waals surface area contributed by atoms with Crippen LogP contribution in [-0.2, 0) is 14.2 Å². The number of imidazole rings is 1. The van der Waals surface area contributed by atoms with Gasteiger partial charge in [0.25, 0.3) is 0 Å². The first-order valence-electron chi connectivity index (χ1n) is 7.08. The number of aliphatic hydroxyl groups excluding tert-OH is 1. The first-order valence-corrected chi connectivity index (χ1v) is 7.46. The maximum Gasteiger partial charge on any atom is 0.249 e. The van der Waals surface area contributed by atoms with Gasteiger partial charge in [0, 0.05) is 0 Å². The number of aromatic nitrogens is 4. The van der Waals surface area contributed by atoms with Crippen LogP contribution in [0.3, 0.4) is 0 Å². The summed E-state index contributed by atoms with van der Waals surface area (Å²) in [6.45, 7) is 5.10. The molecule has 1 aliphatic heterocycles. The third-order valence-corrected chi connectivity index (χ3v) is 3.67. The molecule has 0 radical (unpaired) electrons. The lowest BCUT2D eigenvalue weighted by molar-refractivity contribution is -0.292. The minimum Gasteiger partial charge on any atom is -0.394 e. The van der Waals surface area contributed by atoms with E-state index in [0.717, 1.165) is 0 Å². The van der Waals surface area contributed by atoms with Crippen molar-refractivity contribution in [1.29, 1.82) is 0 Å². The second kappa shape index (κ2) is 5.84. The van der Waals surface area contributed by atoms with Gasteiger partial charge in [-0.15, -0.1) is 0 Å². The average Bonchev–Trinajstić information content (AvgIpc) is 2.81. The van der Waals surface area contributed by atoms with Crippen molar-refractivity contribution in [3.8, 4) is 0 Å². The van der Waals surface area contributed by atoms with Gasteiger partial charge < -0.3 is 25.1 Å². The predicted molar refractivity (Wildman–Crippen MR) is 81.5 cm³/mol. The summed E-state index contributed by atoms with van der Waals surface area (Å²) in [5.41, 5.74) is 6.56. The zero-order valence-corrected chi connectivity index (χ0v) is 13.7. The van der Waals surface area contributed by atoms with Crippen molar-refractivity contribution in [2.45, 2.75) is 45.2 Å². The molecular formula is C13H18ClN5O4.